The quantitative estimate of drug-likeness (QED) is 0.516. The van der Waals surface area contributed by atoms with Gasteiger partial charge < -0.3 is 5.32 Å². The number of carbonyl (C=O) groups is 1. The van der Waals surface area contributed by atoms with Gasteiger partial charge in [0.1, 0.15) is 10.9 Å². The van der Waals surface area contributed by atoms with E-state index >= 15 is 0 Å². The van der Waals surface area contributed by atoms with Crippen LogP contribution in [0.4, 0.5) is 5.69 Å². The number of rotatable bonds is 5. The normalized spacial score (nSPS) is 12.1. The average molecular weight is 404 g/mol. The highest BCUT2D eigenvalue weighted by molar-refractivity contribution is 7.17. The fourth-order valence-corrected chi connectivity index (χ4v) is 4.15. The van der Waals surface area contributed by atoms with Gasteiger partial charge in [0.2, 0.25) is 5.91 Å². The number of fused-ring (bicyclic) bond motifs is 1. The lowest BCUT2D eigenvalue weighted by Gasteiger charge is -2.15. The number of hydrogen-bond acceptors (Lipinski definition) is 4. The SMILES string of the molecule is CCc1ccc(-c2csc3ncn([C@@H](C)C(=O)Nc4ccccc4)c(=O)c23)cc1. The summed E-state index contributed by atoms with van der Waals surface area (Å²) in [5.41, 5.74) is 3.57. The van der Waals surface area contributed by atoms with Crippen LogP contribution in [0, 0.1) is 0 Å². The lowest BCUT2D eigenvalue weighted by atomic mass is 10.0. The summed E-state index contributed by atoms with van der Waals surface area (Å²) in [6.45, 7) is 3.81. The Hall–Kier alpha value is -3.25. The molecule has 2 aromatic heterocycles. The highest BCUT2D eigenvalue weighted by atomic mass is 32.1. The lowest BCUT2D eigenvalue weighted by Crippen LogP contribution is -2.31. The van der Waals surface area contributed by atoms with Gasteiger partial charge in [0.15, 0.2) is 0 Å². The second-order valence-electron chi connectivity index (χ2n) is 6.87. The molecular weight excluding hydrogens is 382 g/mol. The number of hydrogen-bond donors (Lipinski definition) is 1. The fraction of sp³-hybridized carbons (Fsp3) is 0.174. The molecule has 1 N–H and O–H groups in total. The van der Waals surface area contributed by atoms with Crippen LogP contribution >= 0.6 is 11.3 Å². The van der Waals surface area contributed by atoms with Crippen LogP contribution in [0.25, 0.3) is 21.3 Å². The number of amides is 1. The van der Waals surface area contributed by atoms with E-state index < -0.39 is 6.04 Å². The van der Waals surface area contributed by atoms with E-state index in [9.17, 15) is 9.59 Å². The van der Waals surface area contributed by atoms with Crippen molar-refractivity contribution < 1.29 is 4.79 Å². The second-order valence-corrected chi connectivity index (χ2v) is 7.73. The van der Waals surface area contributed by atoms with Gasteiger partial charge in [-0.1, -0.05) is 49.4 Å². The van der Waals surface area contributed by atoms with Crippen LogP contribution in [0.5, 0.6) is 0 Å². The summed E-state index contributed by atoms with van der Waals surface area (Å²) in [6, 6.07) is 16.7. The summed E-state index contributed by atoms with van der Waals surface area (Å²) in [5.74, 6) is -0.261. The highest BCUT2D eigenvalue weighted by Gasteiger charge is 2.20. The first-order valence-corrected chi connectivity index (χ1v) is 10.4. The van der Waals surface area contributed by atoms with Crippen molar-refractivity contribution in [2.75, 3.05) is 5.32 Å². The van der Waals surface area contributed by atoms with Crippen molar-refractivity contribution in [3.05, 3.63) is 82.2 Å². The van der Waals surface area contributed by atoms with Gasteiger partial charge in [-0.15, -0.1) is 11.3 Å². The third-order valence-electron chi connectivity index (χ3n) is 5.03. The third-order valence-corrected chi connectivity index (χ3v) is 5.92. The maximum absolute atomic E-state index is 13.3. The van der Waals surface area contributed by atoms with Crippen LogP contribution in [-0.2, 0) is 11.2 Å². The molecule has 1 amide bonds. The molecule has 0 saturated carbocycles. The molecule has 0 saturated heterocycles. The van der Waals surface area contributed by atoms with Gasteiger partial charge in [-0.05, 0) is 36.6 Å². The van der Waals surface area contributed by atoms with E-state index in [1.807, 2.05) is 47.8 Å². The van der Waals surface area contributed by atoms with Gasteiger partial charge in [0.05, 0.1) is 11.7 Å². The molecule has 0 bridgehead atoms. The summed E-state index contributed by atoms with van der Waals surface area (Å²) in [5, 5.41) is 5.36. The zero-order chi connectivity index (χ0) is 20.4. The number of para-hydroxylation sites is 1. The summed E-state index contributed by atoms with van der Waals surface area (Å²) in [4.78, 5) is 31.0. The largest absolute Gasteiger partial charge is 0.324 e. The number of nitrogens with one attached hydrogen (secondary N) is 1. The van der Waals surface area contributed by atoms with Gasteiger partial charge in [-0.25, -0.2) is 4.98 Å². The molecule has 1 atom stereocenters. The fourth-order valence-electron chi connectivity index (χ4n) is 3.25. The first-order chi connectivity index (χ1) is 14.1. The molecule has 4 aromatic rings. The Balaban J connectivity index is 1.71. The number of thiophene rings is 1. The summed E-state index contributed by atoms with van der Waals surface area (Å²) in [6.07, 6.45) is 2.42. The van der Waals surface area contributed by atoms with Crippen LogP contribution < -0.4 is 10.9 Å². The zero-order valence-corrected chi connectivity index (χ0v) is 17.1. The topological polar surface area (TPSA) is 64.0 Å². The van der Waals surface area contributed by atoms with Crippen molar-refractivity contribution in [2.24, 2.45) is 0 Å². The third kappa shape index (κ3) is 3.71. The second kappa shape index (κ2) is 8.01. The van der Waals surface area contributed by atoms with E-state index in [4.69, 9.17) is 0 Å². The Morgan fingerprint density at radius 2 is 1.86 bits per heavy atom. The maximum Gasteiger partial charge on any atom is 0.263 e. The van der Waals surface area contributed by atoms with Crippen LogP contribution in [-0.4, -0.2) is 15.5 Å². The first kappa shape index (κ1) is 19.1. The molecule has 0 radical (unpaired) electrons. The maximum atomic E-state index is 13.3. The molecular formula is C23H21N3O2S. The van der Waals surface area contributed by atoms with Crippen molar-refractivity contribution in [3.8, 4) is 11.1 Å². The lowest BCUT2D eigenvalue weighted by molar-refractivity contribution is -0.118. The van der Waals surface area contributed by atoms with Gasteiger partial charge in [-0.2, -0.15) is 0 Å². The van der Waals surface area contributed by atoms with Crippen molar-refractivity contribution in [3.63, 3.8) is 0 Å². The minimum atomic E-state index is -0.685. The predicted molar refractivity (Wildman–Crippen MR) is 118 cm³/mol. The Labute approximate surface area is 172 Å². The van der Waals surface area contributed by atoms with E-state index in [-0.39, 0.29) is 11.5 Å². The molecule has 6 heteroatoms. The van der Waals surface area contributed by atoms with Crippen molar-refractivity contribution in [1.82, 2.24) is 9.55 Å². The molecule has 2 heterocycles. The Morgan fingerprint density at radius 3 is 2.55 bits per heavy atom. The Morgan fingerprint density at radius 1 is 1.14 bits per heavy atom. The van der Waals surface area contributed by atoms with Crippen LogP contribution in [0.1, 0.15) is 25.5 Å². The predicted octanol–water partition coefficient (Wildman–Crippen LogP) is 4.89. The summed E-state index contributed by atoms with van der Waals surface area (Å²) < 4.78 is 1.40. The van der Waals surface area contributed by atoms with E-state index in [2.05, 4.69) is 29.4 Å². The molecule has 0 aliphatic heterocycles. The van der Waals surface area contributed by atoms with Crippen LogP contribution in [0.3, 0.4) is 0 Å². The van der Waals surface area contributed by atoms with E-state index in [0.29, 0.717) is 15.9 Å². The van der Waals surface area contributed by atoms with E-state index in [1.165, 1.54) is 27.8 Å². The van der Waals surface area contributed by atoms with Gasteiger partial charge in [-0.3, -0.25) is 14.2 Å². The van der Waals surface area contributed by atoms with Crippen molar-refractivity contribution in [1.29, 1.82) is 0 Å². The number of aryl methyl sites for hydroxylation is 1. The molecule has 2 aromatic carbocycles. The van der Waals surface area contributed by atoms with Crippen molar-refractivity contribution >= 4 is 33.1 Å². The minimum Gasteiger partial charge on any atom is -0.324 e. The smallest absolute Gasteiger partial charge is 0.263 e. The minimum absolute atomic E-state index is 0.207. The summed E-state index contributed by atoms with van der Waals surface area (Å²) >= 11 is 1.44. The molecule has 0 aliphatic rings. The molecule has 5 nitrogen and oxygen atoms in total. The number of anilines is 1. The number of nitrogens with zero attached hydrogens (tertiary/aromatic N) is 2. The van der Waals surface area contributed by atoms with Crippen molar-refractivity contribution in [2.45, 2.75) is 26.3 Å². The molecule has 0 fully saturated rings. The standard InChI is InChI=1S/C23H21N3O2S/c1-3-16-9-11-17(12-10-16)19-13-29-22-20(19)23(28)26(14-24-22)15(2)21(27)25-18-7-5-4-6-8-18/h4-15H,3H2,1-2H3,(H,25,27)/t15-/m0/s1. The molecule has 0 unspecified atom stereocenters. The molecule has 0 spiro atoms. The number of aromatic nitrogens is 2. The van der Waals surface area contributed by atoms with E-state index in [0.717, 1.165) is 17.5 Å². The molecule has 29 heavy (non-hydrogen) atoms. The monoisotopic (exact) mass is 403 g/mol. The average Bonchev–Trinajstić information content (AvgIpc) is 3.19. The number of benzene rings is 2. The highest BCUT2D eigenvalue weighted by Crippen LogP contribution is 2.31. The Kier molecular flexibility index (Phi) is 5.27. The van der Waals surface area contributed by atoms with E-state index in [1.54, 1.807) is 6.92 Å². The molecule has 4 rings (SSSR count). The summed E-state index contributed by atoms with van der Waals surface area (Å²) in [7, 11) is 0. The van der Waals surface area contributed by atoms with Crippen LogP contribution in [0.15, 0.2) is 71.1 Å². The van der Waals surface area contributed by atoms with Crippen LogP contribution in [0.2, 0.25) is 0 Å². The molecule has 0 aliphatic carbocycles. The number of carbonyl (C=O) groups excluding carboxylic acids is 1. The van der Waals surface area contributed by atoms with Gasteiger partial charge >= 0.3 is 0 Å². The Bertz CT molecular complexity index is 1210. The first-order valence-electron chi connectivity index (χ1n) is 9.52. The zero-order valence-electron chi connectivity index (χ0n) is 16.3. The molecule has 146 valence electrons. The van der Waals surface area contributed by atoms with Gasteiger partial charge in [0, 0.05) is 16.6 Å². The van der Waals surface area contributed by atoms with Gasteiger partial charge in [0.25, 0.3) is 5.56 Å².